The van der Waals surface area contributed by atoms with Gasteiger partial charge in [0.05, 0.1) is 11.2 Å². The summed E-state index contributed by atoms with van der Waals surface area (Å²) in [4.78, 5) is 9.19. The Hall–Kier alpha value is -4.56. The van der Waals surface area contributed by atoms with Gasteiger partial charge in [-0.1, -0.05) is 54.1 Å². The van der Waals surface area contributed by atoms with E-state index in [-0.39, 0.29) is 0 Å². The summed E-state index contributed by atoms with van der Waals surface area (Å²) in [6, 6.07) is 23.3. The molecule has 35 heavy (non-hydrogen) atoms. The van der Waals surface area contributed by atoms with E-state index in [2.05, 4.69) is 30.6 Å². The van der Waals surface area contributed by atoms with Crippen LogP contribution in [0.5, 0.6) is 5.75 Å². The first kappa shape index (κ1) is 21.0. The Bertz CT molecular complexity index is 1680. The molecule has 0 amide bonds. The van der Waals surface area contributed by atoms with Crippen molar-refractivity contribution in [1.82, 2.24) is 30.6 Å². The zero-order valence-electron chi connectivity index (χ0n) is 18.2. The summed E-state index contributed by atoms with van der Waals surface area (Å²) in [5.74, 6) is 1.44. The second-order valence-electron chi connectivity index (χ2n) is 7.80. The maximum Gasteiger partial charge on any atom is 0.267 e. The molecule has 3 aromatic heterocycles. The first-order valence-electron chi connectivity index (χ1n) is 10.8. The number of benzene rings is 3. The van der Waals surface area contributed by atoms with Crippen LogP contribution < -0.4 is 4.74 Å². The summed E-state index contributed by atoms with van der Waals surface area (Å²) >= 11 is 6.10. The van der Waals surface area contributed by atoms with E-state index in [1.165, 1.54) is 0 Å². The Labute approximate surface area is 204 Å². The van der Waals surface area contributed by atoms with Crippen molar-refractivity contribution in [2.24, 2.45) is 0 Å². The van der Waals surface area contributed by atoms with Crippen LogP contribution in [0.25, 0.3) is 45.9 Å². The van der Waals surface area contributed by atoms with Gasteiger partial charge in [-0.3, -0.25) is 0 Å². The molecule has 3 aromatic carbocycles. The van der Waals surface area contributed by atoms with Gasteiger partial charge in [0.25, 0.3) is 5.89 Å². The number of aromatic nitrogens is 6. The predicted molar refractivity (Wildman–Crippen MR) is 134 cm³/mol. The summed E-state index contributed by atoms with van der Waals surface area (Å²) in [6.07, 6.45) is 3.97. The number of pyridine rings is 1. The molecule has 0 spiro atoms. The van der Waals surface area contributed by atoms with Crippen molar-refractivity contribution >= 4 is 45.8 Å². The number of hydrogen-bond acceptors (Lipinski definition) is 7. The topological polar surface area (TPSA) is 103 Å². The van der Waals surface area contributed by atoms with Gasteiger partial charge in [0.2, 0.25) is 5.82 Å². The first-order valence-corrected chi connectivity index (χ1v) is 11.2. The summed E-state index contributed by atoms with van der Waals surface area (Å²) in [6.45, 7) is 0.331. The molecule has 0 saturated carbocycles. The van der Waals surface area contributed by atoms with Gasteiger partial charge in [-0.05, 0) is 58.5 Å². The molecule has 3 heterocycles. The van der Waals surface area contributed by atoms with Crippen LogP contribution in [0.4, 0.5) is 0 Å². The smallest absolute Gasteiger partial charge is 0.267 e. The van der Waals surface area contributed by atoms with E-state index < -0.39 is 0 Å². The van der Waals surface area contributed by atoms with Gasteiger partial charge < -0.3 is 9.15 Å². The number of H-pyrrole nitrogens is 1. The number of aromatic amines is 1. The lowest BCUT2D eigenvalue weighted by molar-refractivity contribution is 0.307. The molecule has 9 heteroatoms. The average molecular weight is 481 g/mol. The summed E-state index contributed by atoms with van der Waals surface area (Å²) in [5, 5.41) is 15.4. The van der Waals surface area contributed by atoms with Crippen LogP contribution in [0, 0.1) is 0 Å². The fourth-order valence-corrected chi connectivity index (χ4v) is 3.89. The standard InChI is InChI=1S/C26H17ClN6O2/c27-19-10-8-17-9-12-20(28-22(17)14-19)11-7-16-3-1-5-21(13-16)34-15-18-4-2-6-23-24(18)29-26(35-23)25-30-32-33-31-25/h1-14H,15H2,(H,30,31,32,33). The van der Waals surface area contributed by atoms with E-state index >= 15 is 0 Å². The Balaban J connectivity index is 1.19. The molecule has 0 bridgehead atoms. The Morgan fingerprint density at radius 2 is 1.86 bits per heavy atom. The minimum atomic E-state index is 0.328. The largest absolute Gasteiger partial charge is 0.489 e. The van der Waals surface area contributed by atoms with Crippen LogP contribution >= 0.6 is 11.6 Å². The van der Waals surface area contributed by atoms with E-state index in [4.69, 9.17) is 20.8 Å². The lowest BCUT2D eigenvalue weighted by Crippen LogP contribution is -1.96. The number of rotatable bonds is 6. The predicted octanol–water partition coefficient (Wildman–Crippen LogP) is 5.96. The quantitative estimate of drug-likeness (QED) is 0.313. The molecular formula is C26H17ClN6O2. The third-order valence-electron chi connectivity index (χ3n) is 5.43. The highest BCUT2D eigenvalue weighted by molar-refractivity contribution is 6.31. The molecule has 0 unspecified atom stereocenters. The molecule has 0 atom stereocenters. The number of hydrogen-bond donors (Lipinski definition) is 1. The maximum atomic E-state index is 6.10. The maximum absolute atomic E-state index is 6.10. The summed E-state index contributed by atoms with van der Waals surface area (Å²) in [5.41, 5.74) is 4.94. The molecule has 0 radical (unpaired) electrons. The summed E-state index contributed by atoms with van der Waals surface area (Å²) < 4.78 is 11.8. The van der Waals surface area contributed by atoms with Crippen LogP contribution in [-0.2, 0) is 6.61 Å². The van der Waals surface area contributed by atoms with Gasteiger partial charge in [0.15, 0.2) is 5.58 Å². The fraction of sp³-hybridized carbons (Fsp3) is 0.0385. The average Bonchev–Trinajstić information content (AvgIpc) is 3.56. The van der Waals surface area contributed by atoms with Crippen LogP contribution in [-0.4, -0.2) is 30.6 Å². The molecule has 0 saturated heterocycles. The SMILES string of the molecule is Clc1ccc2ccc(C=Cc3cccc(OCc4cccc5oc(-c6nnn[nH]6)nc45)c3)nc2c1. The third kappa shape index (κ3) is 4.47. The van der Waals surface area contributed by atoms with Gasteiger partial charge in [-0.25, -0.2) is 15.1 Å². The van der Waals surface area contributed by atoms with Crippen molar-refractivity contribution < 1.29 is 9.15 Å². The Morgan fingerprint density at radius 3 is 2.77 bits per heavy atom. The van der Waals surface area contributed by atoms with E-state index in [0.717, 1.165) is 33.5 Å². The van der Waals surface area contributed by atoms with Crippen molar-refractivity contribution in [2.45, 2.75) is 6.61 Å². The molecule has 6 rings (SSSR count). The number of nitrogens with zero attached hydrogens (tertiary/aromatic N) is 5. The van der Waals surface area contributed by atoms with Crippen LogP contribution in [0.2, 0.25) is 5.02 Å². The molecule has 8 nitrogen and oxygen atoms in total. The molecule has 0 fully saturated rings. The highest BCUT2D eigenvalue weighted by atomic mass is 35.5. The van der Waals surface area contributed by atoms with Crippen LogP contribution in [0.15, 0.2) is 77.2 Å². The van der Waals surface area contributed by atoms with E-state index in [0.29, 0.717) is 34.4 Å². The summed E-state index contributed by atoms with van der Waals surface area (Å²) in [7, 11) is 0. The molecule has 0 aliphatic carbocycles. The fourth-order valence-electron chi connectivity index (χ4n) is 3.72. The van der Waals surface area contributed by atoms with Crippen LogP contribution in [0.1, 0.15) is 16.8 Å². The number of halogens is 1. The van der Waals surface area contributed by atoms with Crippen LogP contribution in [0.3, 0.4) is 0 Å². The first-order chi connectivity index (χ1) is 17.2. The second kappa shape index (κ2) is 9.00. The van der Waals surface area contributed by atoms with Crippen molar-refractivity contribution in [3.63, 3.8) is 0 Å². The number of ether oxygens (including phenoxy) is 1. The van der Waals surface area contributed by atoms with Crippen molar-refractivity contribution in [3.8, 4) is 17.5 Å². The minimum absolute atomic E-state index is 0.328. The molecule has 1 N–H and O–H groups in total. The van der Waals surface area contributed by atoms with Gasteiger partial charge in [0, 0.05) is 16.0 Å². The second-order valence-corrected chi connectivity index (χ2v) is 8.24. The molecule has 0 aliphatic rings. The Kier molecular flexibility index (Phi) is 5.40. The number of fused-ring (bicyclic) bond motifs is 2. The third-order valence-corrected chi connectivity index (χ3v) is 5.66. The number of nitrogens with one attached hydrogen (secondary N) is 1. The number of oxazole rings is 1. The zero-order chi connectivity index (χ0) is 23.6. The van der Waals surface area contributed by atoms with E-state index in [9.17, 15) is 0 Å². The van der Waals surface area contributed by atoms with Crippen molar-refractivity contribution in [3.05, 3.63) is 94.6 Å². The van der Waals surface area contributed by atoms with Gasteiger partial charge >= 0.3 is 0 Å². The van der Waals surface area contributed by atoms with E-state index in [1.54, 1.807) is 0 Å². The zero-order valence-corrected chi connectivity index (χ0v) is 19.0. The number of tetrazole rings is 1. The van der Waals surface area contributed by atoms with E-state index in [1.807, 2.05) is 84.9 Å². The molecule has 170 valence electrons. The lowest BCUT2D eigenvalue weighted by atomic mass is 10.1. The normalized spacial score (nSPS) is 11.6. The molecule has 0 aliphatic heterocycles. The van der Waals surface area contributed by atoms with Crippen molar-refractivity contribution in [2.75, 3.05) is 0 Å². The minimum Gasteiger partial charge on any atom is -0.489 e. The van der Waals surface area contributed by atoms with Crippen molar-refractivity contribution in [1.29, 1.82) is 0 Å². The lowest BCUT2D eigenvalue weighted by Gasteiger charge is -2.07. The van der Waals surface area contributed by atoms with Gasteiger partial charge in [-0.15, -0.1) is 5.10 Å². The van der Waals surface area contributed by atoms with Gasteiger partial charge in [-0.2, -0.15) is 0 Å². The monoisotopic (exact) mass is 480 g/mol. The molecular weight excluding hydrogens is 464 g/mol. The highest BCUT2D eigenvalue weighted by Gasteiger charge is 2.14. The Morgan fingerprint density at radius 1 is 0.943 bits per heavy atom. The molecule has 6 aromatic rings. The highest BCUT2D eigenvalue weighted by Crippen LogP contribution is 2.25. The van der Waals surface area contributed by atoms with Gasteiger partial charge in [0.1, 0.15) is 17.9 Å². The number of para-hydroxylation sites is 1.